The second kappa shape index (κ2) is 8.39. The quantitative estimate of drug-likeness (QED) is 0.665. The summed E-state index contributed by atoms with van der Waals surface area (Å²) in [5, 5.41) is 5.73. The molecule has 0 unspecified atom stereocenters. The van der Waals surface area contributed by atoms with Crippen LogP contribution in [0.5, 0.6) is 0 Å². The molecule has 1 atom stereocenters. The van der Waals surface area contributed by atoms with Gasteiger partial charge in [-0.1, -0.05) is 72.3 Å². The van der Waals surface area contributed by atoms with Crippen molar-refractivity contribution < 1.29 is 9.59 Å². The minimum Gasteiger partial charge on any atom is -0.311 e. The fraction of sp³-hybridized carbons (Fsp3) is 0.0870. The second-order valence-corrected chi connectivity index (χ2v) is 7.15. The van der Waals surface area contributed by atoms with Gasteiger partial charge in [0.25, 0.3) is 5.91 Å². The van der Waals surface area contributed by atoms with E-state index >= 15 is 0 Å². The third kappa shape index (κ3) is 3.90. The van der Waals surface area contributed by atoms with E-state index in [2.05, 4.69) is 15.6 Å². The first-order valence-corrected chi connectivity index (χ1v) is 9.74. The summed E-state index contributed by atoms with van der Waals surface area (Å²) in [4.78, 5) is 31.8. The first-order valence-electron chi connectivity index (χ1n) is 9.37. The van der Waals surface area contributed by atoms with Crippen LogP contribution in [0.15, 0.2) is 83.9 Å². The van der Waals surface area contributed by atoms with Crippen molar-refractivity contribution in [3.05, 3.63) is 95.0 Å². The number of fused-ring (bicyclic) bond motifs is 1. The first-order chi connectivity index (χ1) is 14.5. The zero-order valence-corrected chi connectivity index (χ0v) is 16.9. The molecule has 1 aliphatic rings. The molecule has 0 fully saturated rings. The van der Waals surface area contributed by atoms with Gasteiger partial charge in [-0.15, -0.1) is 0 Å². The largest absolute Gasteiger partial charge is 0.321 e. The highest BCUT2D eigenvalue weighted by atomic mass is 35.5. The van der Waals surface area contributed by atoms with E-state index in [1.54, 1.807) is 31.3 Å². The number of benzene rings is 3. The van der Waals surface area contributed by atoms with Gasteiger partial charge < -0.3 is 15.5 Å². The number of nitrogens with one attached hydrogen (secondary N) is 2. The molecule has 4 rings (SSSR count). The average Bonchev–Trinajstić information content (AvgIpc) is 2.87. The van der Waals surface area contributed by atoms with Crippen molar-refractivity contribution in [2.24, 2.45) is 4.99 Å². The monoisotopic (exact) mass is 418 g/mol. The molecule has 150 valence electrons. The fourth-order valence-electron chi connectivity index (χ4n) is 3.29. The number of carbonyl (C=O) groups excluding carboxylic acids is 2. The molecule has 0 radical (unpaired) electrons. The lowest BCUT2D eigenvalue weighted by molar-refractivity contribution is -0.119. The maximum atomic E-state index is 13.1. The lowest BCUT2D eigenvalue weighted by Gasteiger charge is -2.21. The van der Waals surface area contributed by atoms with E-state index in [9.17, 15) is 9.59 Å². The van der Waals surface area contributed by atoms with E-state index in [4.69, 9.17) is 11.6 Å². The molecule has 3 aromatic rings. The zero-order chi connectivity index (χ0) is 21.1. The molecule has 0 spiro atoms. The third-order valence-corrected chi connectivity index (χ3v) is 5.11. The predicted octanol–water partition coefficient (Wildman–Crippen LogP) is 4.30. The van der Waals surface area contributed by atoms with Crippen LogP contribution in [0.25, 0.3) is 0 Å². The number of aliphatic imine (C=N–C) groups is 1. The van der Waals surface area contributed by atoms with E-state index in [0.717, 1.165) is 16.8 Å². The number of rotatable bonds is 3. The number of anilines is 2. The maximum absolute atomic E-state index is 13.1. The van der Waals surface area contributed by atoms with Crippen LogP contribution in [0, 0.1) is 0 Å². The van der Waals surface area contributed by atoms with Crippen LogP contribution in [0.2, 0.25) is 5.02 Å². The second-order valence-electron chi connectivity index (χ2n) is 6.74. The lowest BCUT2D eigenvalue weighted by Crippen LogP contribution is -2.47. The number of nitrogens with zero attached hydrogens (tertiary/aromatic N) is 2. The summed E-state index contributed by atoms with van der Waals surface area (Å²) >= 11 is 6.11. The Morgan fingerprint density at radius 1 is 0.967 bits per heavy atom. The molecule has 2 N–H and O–H groups in total. The molecule has 0 aromatic heterocycles. The molecule has 30 heavy (non-hydrogen) atoms. The Bertz CT molecular complexity index is 1130. The number of benzodiazepines with no additional fused rings is 1. The standard InChI is InChI=1S/C23H19ClN4O2/c1-28-19-14-8-5-11-16(19)20(15-9-3-2-4-10-15)26-21(22(28)29)27-23(30)25-18-13-7-6-12-17(18)24/h2-14,21H,1H3,(H2,25,27,30)/t21-/m1/s1. The summed E-state index contributed by atoms with van der Waals surface area (Å²) in [7, 11) is 1.67. The van der Waals surface area contributed by atoms with Gasteiger partial charge >= 0.3 is 6.03 Å². The van der Waals surface area contributed by atoms with E-state index in [-0.39, 0.29) is 5.91 Å². The van der Waals surface area contributed by atoms with Gasteiger partial charge in [0, 0.05) is 18.2 Å². The summed E-state index contributed by atoms with van der Waals surface area (Å²) in [6.45, 7) is 0. The van der Waals surface area contributed by atoms with Crippen molar-refractivity contribution >= 4 is 40.6 Å². The highest BCUT2D eigenvalue weighted by molar-refractivity contribution is 6.33. The van der Waals surface area contributed by atoms with Crippen LogP contribution in [0.3, 0.4) is 0 Å². The highest BCUT2D eigenvalue weighted by Crippen LogP contribution is 2.27. The summed E-state index contributed by atoms with van der Waals surface area (Å²) in [6, 6.07) is 23.4. The Balaban J connectivity index is 1.70. The van der Waals surface area contributed by atoms with Gasteiger partial charge in [0.2, 0.25) is 6.17 Å². The molecule has 3 aromatic carbocycles. The van der Waals surface area contributed by atoms with Gasteiger partial charge in [0.05, 0.1) is 22.1 Å². The van der Waals surface area contributed by atoms with Crippen LogP contribution in [0.1, 0.15) is 11.1 Å². The Morgan fingerprint density at radius 3 is 2.40 bits per heavy atom. The molecule has 1 aliphatic heterocycles. The van der Waals surface area contributed by atoms with Crippen molar-refractivity contribution in [3.63, 3.8) is 0 Å². The average molecular weight is 419 g/mol. The van der Waals surface area contributed by atoms with E-state index in [1.807, 2.05) is 54.6 Å². The third-order valence-electron chi connectivity index (χ3n) is 4.78. The number of hydrogen-bond acceptors (Lipinski definition) is 3. The first kappa shape index (κ1) is 19.7. The van der Waals surface area contributed by atoms with Crippen LogP contribution in [-0.2, 0) is 4.79 Å². The van der Waals surface area contributed by atoms with Gasteiger partial charge in [0.1, 0.15) is 0 Å². The van der Waals surface area contributed by atoms with Crippen LogP contribution < -0.4 is 15.5 Å². The summed E-state index contributed by atoms with van der Waals surface area (Å²) in [5.41, 5.74) is 3.47. The van der Waals surface area contributed by atoms with Crippen molar-refractivity contribution in [2.75, 3.05) is 17.3 Å². The van der Waals surface area contributed by atoms with E-state index in [0.29, 0.717) is 16.4 Å². The molecule has 0 aliphatic carbocycles. The highest BCUT2D eigenvalue weighted by Gasteiger charge is 2.31. The molecule has 3 amide bonds. The minimum absolute atomic E-state index is 0.345. The van der Waals surface area contributed by atoms with Crippen LogP contribution in [0.4, 0.5) is 16.2 Å². The van der Waals surface area contributed by atoms with E-state index < -0.39 is 12.2 Å². The minimum atomic E-state index is -1.10. The Morgan fingerprint density at radius 2 is 1.63 bits per heavy atom. The number of hydrogen-bond donors (Lipinski definition) is 2. The Kier molecular flexibility index (Phi) is 5.50. The van der Waals surface area contributed by atoms with Gasteiger partial charge in [-0.05, 0) is 18.2 Å². The predicted molar refractivity (Wildman–Crippen MR) is 119 cm³/mol. The van der Waals surface area contributed by atoms with Crippen molar-refractivity contribution in [2.45, 2.75) is 6.17 Å². The fourth-order valence-corrected chi connectivity index (χ4v) is 3.47. The normalized spacial score (nSPS) is 15.7. The number of amides is 3. The Labute approximate surface area is 179 Å². The van der Waals surface area contributed by atoms with Gasteiger partial charge in [-0.25, -0.2) is 9.79 Å². The number of likely N-dealkylation sites (N-methyl/N-ethyl adjacent to an activating group) is 1. The molecule has 1 heterocycles. The smallest absolute Gasteiger partial charge is 0.311 e. The lowest BCUT2D eigenvalue weighted by atomic mass is 10.0. The van der Waals surface area contributed by atoms with Crippen LogP contribution in [-0.4, -0.2) is 30.9 Å². The summed E-state index contributed by atoms with van der Waals surface area (Å²) in [6.07, 6.45) is -1.10. The zero-order valence-electron chi connectivity index (χ0n) is 16.2. The van der Waals surface area contributed by atoms with Crippen molar-refractivity contribution in [1.29, 1.82) is 0 Å². The van der Waals surface area contributed by atoms with E-state index in [1.165, 1.54) is 4.90 Å². The molecule has 0 saturated heterocycles. The van der Waals surface area contributed by atoms with Gasteiger partial charge in [-0.3, -0.25) is 4.79 Å². The number of halogens is 1. The summed E-state index contributed by atoms with van der Waals surface area (Å²) in [5.74, 6) is -0.345. The molecular formula is C23H19ClN4O2. The number of urea groups is 1. The van der Waals surface area contributed by atoms with Crippen molar-refractivity contribution in [3.8, 4) is 0 Å². The molecule has 0 bridgehead atoms. The van der Waals surface area contributed by atoms with Gasteiger partial charge in [0.15, 0.2) is 0 Å². The van der Waals surface area contributed by atoms with Crippen molar-refractivity contribution in [1.82, 2.24) is 5.32 Å². The topological polar surface area (TPSA) is 73.8 Å². The SMILES string of the molecule is CN1C(=O)[C@@H](NC(=O)Nc2ccccc2Cl)N=C(c2ccccc2)c2ccccc21. The van der Waals surface area contributed by atoms with Crippen LogP contribution >= 0.6 is 11.6 Å². The number of carbonyl (C=O) groups is 2. The Hall–Kier alpha value is -3.64. The molecular weight excluding hydrogens is 400 g/mol. The molecule has 7 heteroatoms. The number of para-hydroxylation sites is 2. The molecule has 6 nitrogen and oxygen atoms in total. The van der Waals surface area contributed by atoms with Gasteiger partial charge in [-0.2, -0.15) is 0 Å². The molecule has 0 saturated carbocycles. The summed E-state index contributed by atoms with van der Waals surface area (Å²) < 4.78 is 0. The maximum Gasteiger partial charge on any atom is 0.321 e.